The Morgan fingerprint density at radius 2 is 1.90 bits per heavy atom. The van der Waals surface area contributed by atoms with Gasteiger partial charge in [-0.05, 0) is 40.2 Å². The van der Waals surface area contributed by atoms with Crippen LogP contribution in [0.15, 0.2) is 45.8 Å². The lowest BCUT2D eigenvalue weighted by Crippen LogP contribution is -2.12. The molecule has 2 N–H and O–H groups in total. The summed E-state index contributed by atoms with van der Waals surface area (Å²) in [5.74, 6) is 0.471. The first-order valence-electron chi connectivity index (χ1n) is 5.67. The fourth-order valence-corrected chi connectivity index (χ4v) is 3.15. The van der Waals surface area contributed by atoms with Crippen molar-refractivity contribution in [1.29, 1.82) is 0 Å². The molecule has 0 spiro atoms. The minimum Gasteiger partial charge on any atom is -0.488 e. The molecule has 0 aliphatic rings. The van der Waals surface area contributed by atoms with Crippen LogP contribution in [0.25, 0.3) is 0 Å². The number of rotatable bonds is 4. The number of hydrogen-bond acceptors (Lipinski definition) is 3. The highest BCUT2D eigenvalue weighted by Gasteiger charge is 2.12. The van der Waals surface area contributed by atoms with Gasteiger partial charge >= 0.3 is 0 Å². The van der Waals surface area contributed by atoms with E-state index >= 15 is 0 Å². The Hall–Kier alpha value is -0.790. The quantitative estimate of drug-likeness (QED) is 0.828. The van der Waals surface area contributed by atoms with Crippen LogP contribution in [0.3, 0.4) is 0 Å². The highest BCUT2D eigenvalue weighted by molar-refractivity contribution is 9.10. The van der Waals surface area contributed by atoms with Crippen LogP contribution in [0.2, 0.25) is 10.0 Å². The van der Waals surface area contributed by atoms with Gasteiger partial charge in [-0.2, -0.15) is 0 Å². The average molecular weight is 411 g/mol. The topological polar surface area (TPSA) is 69.4 Å². The third kappa shape index (κ3) is 4.11. The summed E-state index contributed by atoms with van der Waals surface area (Å²) in [7, 11) is -3.75. The molecule has 21 heavy (non-hydrogen) atoms. The molecule has 4 nitrogen and oxygen atoms in total. The van der Waals surface area contributed by atoms with Crippen LogP contribution in [0.1, 0.15) is 5.56 Å². The molecule has 0 aliphatic heterocycles. The number of halogens is 3. The van der Waals surface area contributed by atoms with E-state index in [-0.39, 0.29) is 11.5 Å². The van der Waals surface area contributed by atoms with Crippen molar-refractivity contribution in [2.45, 2.75) is 11.5 Å². The van der Waals surface area contributed by atoms with Crippen LogP contribution in [0.4, 0.5) is 0 Å². The van der Waals surface area contributed by atoms with Gasteiger partial charge in [-0.1, -0.05) is 35.3 Å². The lowest BCUT2D eigenvalue weighted by atomic mass is 10.2. The van der Waals surface area contributed by atoms with Crippen molar-refractivity contribution in [1.82, 2.24) is 0 Å². The molecule has 0 saturated carbocycles. The summed E-state index contributed by atoms with van der Waals surface area (Å²) in [5.41, 5.74) is 0.728. The number of ether oxygens (including phenoxy) is 1. The first kappa shape index (κ1) is 16.6. The van der Waals surface area contributed by atoms with Gasteiger partial charge in [0.15, 0.2) is 0 Å². The van der Waals surface area contributed by atoms with Gasteiger partial charge in [-0.3, -0.25) is 0 Å². The molecule has 8 heteroatoms. The van der Waals surface area contributed by atoms with E-state index in [9.17, 15) is 8.42 Å². The number of benzene rings is 2. The molecular weight excluding hydrogens is 401 g/mol. The molecule has 0 aliphatic carbocycles. The molecule has 0 saturated heterocycles. The lowest BCUT2D eigenvalue weighted by Gasteiger charge is -2.11. The second-order valence-corrected chi connectivity index (χ2v) is 7.34. The minimum absolute atomic E-state index is 0.00233. The van der Waals surface area contributed by atoms with Crippen LogP contribution in [-0.2, 0) is 16.6 Å². The van der Waals surface area contributed by atoms with Crippen molar-refractivity contribution < 1.29 is 13.2 Å². The SMILES string of the molecule is NS(=O)(=O)c1ccc(OCc2cccc(Cl)c2Cl)c(Br)c1. The van der Waals surface area contributed by atoms with Gasteiger partial charge in [0.2, 0.25) is 10.0 Å². The van der Waals surface area contributed by atoms with E-state index in [1.165, 1.54) is 18.2 Å². The Bertz CT molecular complexity index is 781. The Balaban J connectivity index is 2.19. The third-order valence-corrected chi connectivity index (χ3v) is 5.04. The van der Waals surface area contributed by atoms with Crippen molar-refractivity contribution in [3.8, 4) is 5.75 Å². The maximum absolute atomic E-state index is 11.2. The summed E-state index contributed by atoms with van der Waals surface area (Å²) >= 11 is 15.2. The second kappa shape index (κ2) is 6.54. The minimum atomic E-state index is -3.75. The number of primary sulfonamides is 1. The van der Waals surface area contributed by atoms with Gasteiger partial charge in [0.05, 0.1) is 19.4 Å². The monoisotopic (exact) mass is 409 g/mol. The van der Waals surface area contributed by atoms with E-state index in [1.54, 1.807) is 18.2 Å². The lowest BCUT2D eigenvalue weighted by molar-refractivity contribution is 0.304. The zero-order chi connectivity index (χ0) is 15.6. The van der Waals surface area contributed by atoms with Gasteiger partial charge < -0.3 is 4.74 Å². The van der Waals surface area contributed by atoms with Gasteiger partial charge in [0, 0.05) is 5.56 Å². The zero-order valence-corrected chi connectivity index (χ0v) is 14.4. The summed E-state index contributed by atoms with van der Waals surface area (Å²) in [6, 6.07) is 9.51. The molecule has 112 valence electrons. The highest BCUT2D eigenvalue weighted by atomic mass is 79.9. The normalized spacial score (nSPS) is 11.4. The molecule has 0 bridgehead atoms. The maximum atomic E-state index is 11.2. The van der Waals surface area contributed by atoms with Crippen molar-refractivity contribution in [3.05, 3.63) is 56.5 Å². The van der Waals surface area contributed by atoms with Gasteiger partial charge in [-0.25, -0.2) is 13.6 Å². The van der Waals surface area contributed by atoms with E-state index in [2.05, 4.69) is 15.9 Å². The number of sulfonamides is 1. The molecule has 2 aromatic rings. The molecule has 0 atom stereocenters. The van der Waals surface area contributed by atoms with Crippen molar-refractivity contribution in [2.24, 2.45) is 5.14 Å². The fourth-order valence-electron chi connectivity index (χ4n) is 1.59. The fraction of sp³-hybridized carbons (Fsp3) is 0.0769. The van der Waals surface area contributed by atoms with Crippen LogP contribution in [0.5, 0.6) is 5.75 Å². The smallest absolute Gasteiger partial charge is 0.238 e. The maximum Gasteiger partial charge on any atom is 0.238 e. The van der Waals surface area contributed by atoms with Gasteiger partial charge in [0.1, 0.15) is 12.4 Å². The molecule has 2 aromatic carbocycles. The van der Waals surface area contributed by atoms with Crippen LogP contribution in [0, 0.1) is 0 Å². The van der Waals surface area contributed by atoms with E-state index < -0.39 is 10.0 Å². The second-order valence-electron chi connectivity index (χ2n) is 4.14. The summed E-state index contributed by atoms with van der Waals surface area (Å²) < 4.78 is 28.6. The highest BCUT2D eigenvalue weighted by Crippen LogP contribution is 2.30. The van der Waals surface area contributed by atoms with Gasteiger partial charge in [0.25, 0.3) is 0 Å². The molecule has 0 unspecified atom stereocenters. The van der Waals surface area contributed by atoms with Crippen molar-refractivity contribution in [3.63, 3.8) is 0 Å². The molecule has 0 amide bonds. The summed E-state index contributed by atoms with van der Waals surface area (Å²) in [4.78, 5) is 0.00233. The number of nitrogens with two attached hydrogens (primary N) is 1. The van der Waals surface area contributed by atoms with E-state index in [1.807, 2.05) is 0 Å². The first-order valence-corrected chi connectivity index (χ1v) is 8.76. The molecule has 0 aromatic heterocycles. The predicted octanol–water partition coefficient (Wildman–Crippen LogP) is 3.98. The van der Waals surface area contributed by atoms with Crippen molar-refractivity contribution in [2.75, 3.05) is 0 Å². The van der Waals surface area contributed by atoms with Gasteiger partial charge in [-0.15, -0.1) is 0 Å². The average Bonchev–Trinajstić information content (AvgIpc) is 2.40. The van der Waals surface area contributed by atoms with E-state index in [0.717, 1.165) is 5.56 Å². The summed E-state index contributed by atoms with van der Waals surface area (Å²) in [6.45, 7) is 0.201. The third-order valence-electron chi connectivity index (χ3n) is 2.65. The standard InChI is InChI=1S/C13H10BrCl2NO3S/c14-10-6-9(21(17,18)19)4-5-12(10)20-7-8-2-1-3-11(15)13(8)16/h1-6H,7H2,(H2,17,18,19). The van der Waals surface area contributed by atoms with Crippen LogP contribution < -0.4 is 9.88 Å². The van der Waals surface area contributed by atoms with E-state index in [4.69, 9.17) is 33.1 Å². The number of hydrogen-bond donors (Lipinski definition) is 1. The molecule has 2 rings (SSSR count). The zero-order valence-electron chi connectivity index (χ0n) is 10.5. The molecule has 0 fully saturated rings. The molecule has 0 heterocycles. The Morgan fingerprint density at radius 1 is 1.19 bits per heavy atom. The van der Waals surface area contributed by atoms with E-state index in [0.29, 0.717) is 20.3 Å². The molecular formula is C13H10BrCl2NO3S. The summed E-state index contributed by atoms with van der Waals surface area (Å²) in [6.07, 6.45) is 0. The largest absolute Gasteiger partial charge is 0.488 e. The van der Waals surface area contributed by atoms with Crippen molar-refractivity contribution >= 4 is 49.2 Å². The Morgan fingerprint density at radius 3 is 2.52 bits per heavy atom. The summed E-state index contributed by atoms with van der Waals surface area (Å²) in [5, 5.41) is 5.93. The predicted molar refractivity (Wildman–Crippen MR) is 86.3 cm³/mol. The van der Waals surface area contributed by atoms with Crippen LogP contribution >= 0.6 is 39.1 Å². The van der Waals surface area contributed by atoms with Crippen LogP contribution in [-0.4, -0.2) is 8.42 Å². The Labute approximate surface area is 141 Å². The first-order chi connectivity index (χ1) is 9.79. The Kier molecular flexibility index (Phi) is 5.16. The molecule has 0 radical (unpaired) electrons.